The van der Waals surface area contributed by atoms with Gasteiger partial charge in [0.25, 0.3) is 0 Å². The first-order valence-electron chi connectivity index (χ1n) is 4.26. The van der Waals surface area contributed by atoms with Gasteiger partial charge in [0.05, 0.1) is 0 Å². The second-order valence-corrected chi connectivity index (χ2v) is 3.35. The zero-order valence-corrected chi connectivity index (χ0v) is 7.66. The van der Waals surface area contributed by atoms with Crippen molar-refractivity contribution in [2.24, 2.45) is 0 Å². The smallest absolute Gasteiger partial charge is 0.320 e. The van der Waals surface area contributed by atoms with Crippen molar-refractivity contribution in [2.75, 3.05) is 33.2 Å². The maximum atomic E-state index is 10.6. The number of carboxylic acids is 1. The molecule has 0 spiro atoms. The number of rotatable bonds is 2. The van der Waals surface area contributed by atoms with Crippen LogP contribution in [0, 0.1) is 0 Å². The summed E-state index contributed by atoms with van der Waals surface area (Å²) in [5, 5.41) is 8.74. The fraction of sp³-hybridized carbons (Fsp3) is 0.875. The van der Waals surface area contributed by atoms with Gasteiger partial charge in [-0.25, -0.2) is 0 Å². The number of hydrogen-bond donors (Lipinski definition) is 1. The zero-order valence-electron chi connectivity index (χ0n) is 7.66. The standard InChI is InChI=1S/C8H16N2O2/c1-7(8(11)12)10-5-3-9(2)4-6-10/h7H,3-6H2,1-2H3,(H,11,12). The summed E-state index contributed by atoms with van der Waals surface area (Å²) in [5.74, 6) is -0.723. The Morgan fingerprint density at radius 1 is 1.33 bits per heavy atom. The third kappa shape index (κ3) is 2.19. The van der Waals surface area contributed by atoms with Crippen LogP contribution in [0.4, 0.5) is 0 Å². The van der Waals surface area contributed by atoms with E-state index in [0.29, 0.717) is 0 Å². The van der Waals surface area contributed by atoms with Gasteiger partial charge in [-0.1, -0.05) is 0 Å². The highest BCUT2D eigenvalue weighted by molar-refractivity contribution is 5.72. The molecule has 1 atom stereocenters. The van der Waals surface area contributed by atoms with Gasteiger partial charge in [-0.15, -0.1) is 0 Å². The Hall–Kier alpha value is -0.610. The highest BCUT2D eigenvalue weighted by Gasteiger charge is 2.23. The lowest BCUT2D eigenvalue weighted by Gasteiger charge is -2.34. The van der Waals surface area contributed by atoms with E-state index in [0.717, 1.165) is 26.2 Å². The van der Waals surface area contributed by atoms with Crippen molar-refractivity contribution in [2.45, 2.75) is 13.0 Å². The van der Waals surface area contributed by atoms with Crippen molar-refractivity contribution < 1.29 is 9.90 Å². The van der Waals surface area contributed by atoms with Gasteiger partial charge in [-0.2, -0.15) is 0 Å². The highest BCUT2D eigenvalue weighted by atomic mass is 16.4. The zero-order chi connectivity index (χ0) is 9.14. The average Bonchev–Trinajstić information content (AvgIpc) is 2.04. The van der Waals surface area contributed by atoms with Crippen LogP contribution in [0.2, 0.25) is 0 Å². The first kappa shape index (κ1) is 9.48. The Morgan fingerprint density at radius 3 is 2.25 bits per heavy atom. The fourth-order valence-corrected chi connectivity index (χ4v) is 1.37. The number of hydrogen-bond acceptors (Lipinski definition) is 3. The SMILES string of the molecule is CC(C(=O)O)N1CCN(C)CC1. The summed E-state index contributed by atoms with van der Waals surface area (Å²) in [6.07, 6.45) is 0. The summed E-state index contributed by atoms with van der Waals surface area (Å²) in [5.41, 5.74) is 0. The van der Waals surface area contributed by atoms with Gasteiger partial charge in [-0.3, -0.25) is 9.69 Å². The molecule has 1 saturated heterocycles. The van der Waals surface area contributed by atoms with Crippen molar-refractivity contribution in [3.63, 3.8) is 0 Å². The third-order valence-electron chi connectivity index (χ3n) is 2.44. The molecule has 0 saturated carbocycles. The number of likely N-dealkylation sites (N-methyl/N-ethyl adjacent to an activating group) is 1. The van der Waals surface area contributed by atoms with Crippen LogP contribution < -0.4 is 0 Å². The normalized spacial score (nSPS) is 23.8. The van der Waals surface area contributed by atoms with Crippen LogP contribution in [0.1, 0.15) is 6.92 Å². The molecule has 0 aromatic rings. The van der Waals surface area contributed by atoms with E-state index >= 15 is 0 Å². The minimum absolute atomic E-state index is 0.335. The van der Waals surface area contributed by atoms with Gasteiger partial charge in [0.2, 0.25) is 0 Å². The van der Waals surface area contributed by atoms with Crippen LogP contribution >= 0.6 is 0 Å². The Morgan fingerprint density at radius 2 is 1.83 bits per heavy atom. The van der Waals surface area contributed by atoms with Gasteiger partial charge in [0, 0.05) is 26.2 Å². The topological polar surface area (TPSA) is 43.8 Å². The molecule has 1 fully saturated rings. The molecule has 12 heavy (non-hydrogen) atoms. The number of piperazine rings is 1. The second kappa shape index (κ2) is 3.87. The maximum Gasteiger partial charge on any atom is 0.320 e. The summed E-state index contributed by atoms with van der Waals surface area (Å²) in [7, 11) is 2.06. The van der Waals surface area contributed by atoms with E-state index in [9.17, 15) is 4.79 Å². The lowest BCUT2D eigenvalue weighted by Crippen LogP contribution is -2.50. The summed E-state index contributed by atoms with van der Waals surface area (Å²) < 4.78 is 0. The van der Waals surface area contributed by atoms with E-state index in [1.807, 2.05) is 4.90 Å². The predicted octanol–water partition coefficient (Wildman–Crippen LogP) is -0.293. The molecule has 4 heteroatoms. The van der Waals surface area contributed by atoms with Gasteiger partial charge in [-0.05, 0) is 14.0 Å². The molecule has 0 bridgehead atoms. The average molecular weight is 172 g/mol. The lowest BCUT2D eigenvalue weighted by atomic mass is 10.2. The molecule has 70 valence electrons. The summed E-state index contributed by atoms with van der Waals surface area (Å²) in [6.45, 7) is 5.41. The third-order valence-corrected chi connectivity index (χ3v) is 2.44. The van der Waals surface area contributed by atoms with Crippen LogP contribution in [0.15, 0.2) is 0 Å². The van der Waals surface area contributed by atoms with Crippen molar-refractivity contribution >= 4 is 5.97 Å². The molecule has 1 aliphatic heterocycles. The van der Waals surface area contributed by atoms with Crippen molar-refractivity contribution in [1.29, 1.82) is 0 Å². The molecule has 0 aliphatic carbocycles. The number of nitrogens with zero attached hydrogens (tertiary/aromatic N) is 2. The number of carboxylic acid groups (broad SMARTS) is 1. The summed E-state index contributed by atoms with van der Waals surface area (Å²) >= 11 is 0. The minimum Gasteiger partial charge on any atom is -0.480 e. The number of aliphatic carboxylic acids is 1. The van der Waals surface area contributed by atoms with Gasteiger partial charge in [0.15, 0.2) is 0 Å². The summed E-state index contributed by atoms with van der Waals surface area (Å²) in [6, 6.07) is -0.335. The largest absolute Gasteiger partial charge is 0.480 e. The Labute approximate surface area is 72.8 Å². The molecular formula is C8H16N2O2. The first-order valence-corrected chi connectivity index (χ1v) is 4.26. The molecule has 0 radical (unpaired) electrons. The first-order chi connectivity index (χ1) is 5.61. The monoisotopic (exact) mass is 172 g/mol. The van der Waals surface area contributed by atoms with E-state index in [2.05, 4.69) is 11.9 Å². The van der Waals surface area contributed by atoms with Crippen LogP contribution in [0.25, 0.3) is 0 Å². The van der Waals surface area contributed by atoms with Crippen molar-refractivity contribution in [1.82, 2.24) is 9.80 Å². The number of carbonyl (C=O) groups is 1. The van der Waals surface area contributed by atoms with E-state index in [1.165, 1.54) is 0 Å². The Balaban J connectivity index is 2.39. The molecule has 0 aromatic heterocycles. The van der Waals surface area contributed by atoms with Gasteiger partial charge >= 0.3 is 5.97 Å². The molecule has 4 nitrogen and oxygen atoms in total. The van der Waals surface area contributed by atoms with E-state index < -0.39 is 5.97 Å². The van der Waals surface area contributed by atoms with Crippen LogP contribution in [-0.2, 0) is 4.79 Å². The summed E-state index contributed by atoms with van der Waals surface area (Å²) in [4.78, 5) is 14.8. The van der Waals surface area contributed by atoms with Gasteiger partial charge in [0.1, 0.15) is 6.04 Å². The lowest BCUT2D eigenvalue weighted by molar-refractivity contribution is -0.143. The minimum atomic E-state index is -0.723. The van der Waals surface area contributed by atoms with Crippen molar-refractivity contribution in [3.8, 4) is 0 Å². The van der Waals surface area contributed by atoms with Crippen LogP contribution in [0.3, 0.4) is 0 Å². The molecule has 1 heterocycles. The molecule has 1 aliphatic rings. The molecule has 1 N–H and O–H groups in total. The van der Waals surface area contributed by atoms with Gasteiger partial charge < -0.3 is 10.0 Å². The van der Waals surface area contributed by atoms with E-state index in [4.69, 9.17) is 5.11 Å². The van der Waals surface area contributed by atoms with Crippen LogP contribution in [-0.4, -0.2) is 60.1 Å². The predicted molar refractivity (Wildman–Crippen MR) is 46.2 cm³/mol. The molecular weight excluding hydrogens is 156 g/mol. The molecule has 0 amide bonds. The quantitative estimate of drug-likeness (QED) is 0.621. The Bertz CT molecular complexity index is 164. The van der Waals surface area contributed by atoms with E-state index in [1.54, 1.807) is 6.92 Å². The Kier molecular flexibility index (Phi) is 3.05. The van der Waals surface area contributed by atoms with Crippen LogP contribution in [0.5, 0.6) is 0 Å². The van der Waals surface area contributed by atoms with E-state index in [-0.39, 0.29) is 6.04 Å². The van der Waals surface area contributed by atoms with Crippen molar-refractivity contribution in [3.05, 3.63) is 0 Å². The highest BCUT2D eigenvalue weighted by Crippen LogP contribution is 2.04. The fourth-order valence-electron chi connectivity index (χ4n) is 1.37. The molecule has 1 rings (SSSR count). The molecule has 1 unspecified atom stereocenters. The maximum absolute atomic E-state index is 10.6. The molecule has 0 aromatic carbocycles. The second-order valence-electron chi connectivity index (χ2n) is 3.35.